The lowest BCUT2D eigenvalue weighted by molar-refractivity contribution is -0.117. The maximum Gasteiger partial charge on any atom is 0.253 e. The zero-order chi connectivity index (χ0) is 18.4. The number of methoxy groups -OCH3 is 1. The van der Waals surface area contributed by atoms with Gasteiger partial charge in [-0.05, 0) is 30.2 Å². The molecule has 5 nitrogen and oxygen atoms in total. The molecule has 0 fully saturated rings. The number of anilines is 1. The lowest BCUT2D eigenvalue weighted by atomic mass is 9.95. The highest BCUT2D eigenvalue weighted by molar-refractivity contribution is 6.00. The second-order valence-corrected chi connectivity index (χ2v) is 5.98. The molecular formula is C20H24N2O3. The summed E-state index contributed by atoms with van der Waals surface area (Å²) in [4.78, 5) is 26.4. The Morgan fingerprint density at radius 1 is 1.12 bits per heavy atom. The largest absolute Gasteiger partial charge is 0.495 e. The van der Waals surface area contributed by atoms with E-state index >= 15 is 0 Å². The predicted octanol–water partition coefficient (Wildman–Crippen LogP) is 3.53. The Balaban J connectivity index is 2.29. The summed E-state index contributed by atoms with van der Waals surface area (Å²) in [7, 11) is 4.91. The normalized spacial score (nSPS) is 11.5. The van der Waals surface area contributed by atoms with E-state index in [0.29, 0.717) is 23.4 Å². The van der Waals surface area contributed by atoms with E-state index in [-0.39, 0.29) is 17.7 Å². The van der Waals surface area contributed by atoms with E-state index in [2.05, 4.69) is 5.32 Å². The Labute approximate surface area is 148 Å². The van der Waals surface area contributed by atoms with Crippen LogP contribution in [-0.2, 0) is 4.79 Å². The molecule has 0 saturated heterocycles. The van der Waals surface area contributed by atoms with Crippen LogP contribution in [0.3, 0.4) is 0 Å². The third-order valence-electron chi connectivity index (χ3n) is 4.04. The lowest BCUT2D eigenvalue weighted by Crippen LogP contribution is -2.23. The van der Waals surface area contributed by atoms with Crippen molar-refractivity contribution in [3.8, 4) is 5.75 Å². The first-order valence-corrected chi connectivity index (χ1v) is 8.23. The number of hydrogen-bond donors (Lipinski definition) is 1. The average molecular weight is 340 g/mol. The van der Waals surface area contributed by atoms with Gasteiger partial charge in [-0.2, -0.15) is 0 Å². The van der Waals surface area contributed by atoms with Gasteiger partial charge in [0.1, 0.15) is 5.75 Å². The van der Waals surface area contributed by atoms with Gasteiger partial charge in [-0.25, -0.2) is 0 Å². The maximum absolute atomic E-state index is 12.8. The number of nitrogens with one attached hydrogen (secondary N) is 1. The van der Waals surface area contributed by atoms with Crippen LogP contribution < -0.4 is 10.1 Å². The minimum absolute atomic E-state index is 0.124. The molecule has 0 aromatic heterocycles. The number of carbonyl (C=O) groups is 2. The van der Waals surface area contributed by atoms with Gasteiger partial charge in [-0.15, -0.1) is 0 Å². The summed E-state index contributed by atoms with van der Waals surface area (Å²) in [5.74, 6) is 0.000360. The van der Waals surface area contributed by atoms with E-state index in [9.17, 15) is 9.59 Å². The number of rotatable bonds is 6. The predicted molar refractivity (Wildman–Crippen MR) is 99.1 cm³/mol. The molecule has 0 aliphatic carbocycles. The van der Waals surface area contributed by atoms with Gasteiger partial charge in [0.15, 0.2) is 0 Å². The molecule has 0 spiro atoms. The highest BCUT2D eigenvalue weighted by Crippen LogP contribution is 2.28. The van der Waals surface area contributed by atoms with E-state index in [0.717, 1.165) is 5.56 Å². The molecule has 0 bridgehead atoms. The van der Waals surface area contributed by atoms with Gasteiger partial charge in [-0.3, -0.25) is 9.59 Å². The Morgan fingerprint density at radius 3 is 2.36 bits per heavy atom. The molecular weight excluding hydrogens is 316 g/mol. The van der Waals surface area contributed by atoms with E-state index in [1.165, 1.54) is 12.0 Å². The zero-order valence-electron chi connectivity index (χ0n) is 15.1. The molecule has 2 rings (SSSR count). The first-order valence-electron chi connectivity index (χ1n) is 8.23. The van der Waals surface area contributed by atoms with Crippen LogP contribution in [0.1, 0.15) is 35.2 Å². The van der Waals surface area contributed by atoms with Crippen molar-refractivity contribution in [2.24, 2.45) is 0 Å². The van der Waals surface area contributed by atoms with E-state index in [1.54, 1.807) is 32.3 Å². The third-order valence-corrected chi connectivity index (χ3v) is 4.04. The van der Waals surface area contributed by atoms with Crippen molar-refractivity contribution in [1.82, 2.24) is 4.90 Å². The van der Waals surface area contributed by atoms with Crippen LogP contribution in [0.4, 0.5) is 5.69 Å². The molecule has 0 aliphatic rings. The zero-order valence-corrected chi connectivity index (χ0v) is 15.1. The highest BCUT2D eigenvalue weighted by Gasteiger charge is 2.20. The fourth-order valence-electron chi connectivity index (χ4n) is 2.67. The van der Waals surface area contributed by atoms with Crippen LogP contribution in [0.2, 0.25) is 0 Å². The summed E-state index contributed by atoms with van der Waals surface area (Å²) in [6, 6.07) is 14.7. The van der Waals surface area contributed by atoms with Crippen molar-refractivity contribution < 1.29 is 14.3 Å². The second-order valence-electron chi connectivity index (χ2n) is 5.98. The standard InChI is InChI=1S/C20H24N2O3/c1-5-16(14-9-7-6-8-10-14)19(23)21-17-13-15(20(24)22(2)3)11-12-18(17)25-4/h6-13,16H,5H2,1-4H3,(H,21,23). The molecule has 1 N–H and O–H groups in total. The van der Waals surface area contributed by atoms with Crippen LogP contribution in [0.25, 0.3) is 0 Å². The van der Waals surface area contributed by atoms with Gasteiger partial charge in [0.2, 0.25) is 5.91 Å². The molecule has 0 radical (unpaired) electrons. The summed E-state index contributed by atoms with van der Waals surface area (Å²) in [5, 5.41) is 2.91. The monoisotopic (exact) mass is 340 g/mol. The first kappa shape index (κ1) is 18.5. The number of ether oxygens (including phenoxy) is 1. The summed E-state index contributed by atoms with van der Waals surface area (Å²) >= 11 is 0. The van der Waals surface area contributed by atoms with Gasteiger partial charge in [0.25, 0.3) is 5.91 Å². The quantitative estimate of drug-likeness (QED) is 0.875. The van der Waals surface area contributed by atoms with Crippen molar-refractivity contribution in [2.45, 2.75) is 19.3 Å². The molecule has 25 heavy (non-hydrogen) atoms. The number of hydrogen-bond acceptors (Lipinski definition) is 3. The van der Waals surface area contributed by atoms with Gasteiger partial charge >= 0.3 is 0 Å². The SMILES string of the molecule is CCC(C(=O)Nc1cc(C(=O)N(C)C)ccc1OC)c1ccccc1. The Morgan fingerprint density at radius 2 is 1.80 bits per heavy atom. The van der Waals surface area contributed by atoms with Crippen LogP contribution in [0.15, 0.2) is 48.5 Å². The van der Waals surface area contributed by atoms with Crippen molar-refractivity contribution in [2.75, 3.05) is 26.5 Å². The molecule has 2 aromatic carbocycles. The number of nitrogens with zero attached hydrogens (tertiary/aromatic N) is 1. The second kappa shape index (κ2) is 8.33. The maximum atomic E-state index is 12.8. The molecule has 2 aromatic rings. The van der Waals surface area contributed by atoms with Gasteiger partial charge in [0.05, 0.1) is 18.7 Å². The summed E-state index contributed by atoms with van der Waals surface area (Å²) in [6.07, 6.45) is 0.675. The number of benzene rings is 2. The number of carbonyl (C=O) groups excluding carboxylic acids is 2. The van der Waals surface area contributed by atoms with E-state index < -0.39 is 0 Å². The topological polar surface area (TPSA) is 58.6 Å². The van der Waals surface area contributed by atoms with Gasteiger partial charge in [0, 0.05) is 19.7 Å². The van der Waals surface area contributed by atoms with Crippen LogP contribution in [0, 0.1) is 0 Å². The van der Waals surface area contributed by atoms with Crippen molar-refractivity contribution in [3.05, 3.63) is 59.7 Å². The van der Waals surface area contributed by atoms with Crippen molar-refractivity contribution in [1.29, 1.82) is 0 Å². The third kappa shape index (κ3) is 4.38. The molecule has 0 heterocycles. The fourth-order valence-corrected chi connectivity index (χ4v) is 2.67. The van der Waals surface area contributed by atoms with Crippen LogP contribution >= 0.6 is 0 Å². The Hall–Kier alpha value is -2.82. The number of amides is 2. The minimum Gasteiger partial charge on any atom is -0.495 e. The Bertz CT molecular complexity index is 742. The van der Waals surface area contributed by atoms with Crippen LogP contribution in [0.5, 0.6) is 5.75 Å². The molecule has 1 atom stereocenters. The van der Waals surface area contributed by atoms with Gasteiger partial charge in [-0.1, -0.05) is 37.3 Å². The molecule has 1 unspecified atom stereocenters. The van der Waals surface area contributed by atoms with Crippen LogP contribution in [-0.4, -0.2) is 37.9 Å². The summed E-state index contributed by atoms with van der Waals surface area (Å²) < 4.78 is 5.32. The fraction of sp³-hybridized carbons (Fsp3) is 0.300. The Kier molecular flexibility index (Phi) is 6.17. The summed E-state index contributed by atoms with van der Waals surface area (Å²) in [5.41, 5.74) is 1.95. The van der Waals surface area contributed by atoms with Gasteiger partial charge < -0.3 is 15.0 Å². The molecule has 0 saturated carbocycles. The van der Waals surface area contributed by atoms with E-state index in [4.69, 9.17) is 4.74 Å². The molecule has 0 aliphatic heterocycles. The minimum atomic E-state index is -0.265. The lowest BCUT2D eigenvalue weighted by Gasteiger charge is -2.18. The molecule has 2 amide bonds. The van der Waals surface area contributed by atoms with E-state index in [1.807, 2.05) is 37.3 Å². The first-order chi connectivity index (χ1) is 12.0. The molecule has 132 valence electrons. The van der Waals surface area contributed by atoms with Crippen molar-refractivity contribution in [3.63, 3.8) is 0 Å². The average Bonchev–Trinajstić information content (AvgIpc) is 2.62. The molecule has 5 heteroatoms. The summed E-state index contributed by atoms with van der Waals surface area (Å²) in [6.45, 7) is 1.97. The van der Waals surface area contributed by atoms with Crippen molar-refractivity contribution >= 4 is 17.5 Å². The highest BCUT2D eigenvalue weighted by atomic mass is 16.5. The smallest absolute Gasteiger partial charge is 0.253 e.